The van der Waals surface area contributed by atoms with Crippen LogP contribution in [0.5, 0.6) is 69.0 Å². The number of hydrogen-bond acceptors (Lipinski definition) is 24. The standard InChI is InChI=1S/C28H23ClN4O6.C27H25ClN2O4.C24H18Cl2N2O4.C23H18ClN3O4/c1-37-23-14-17(16-31-33-26(35)20-10-11-22(34)21(29)15-20)13-19(24(23)38-2)9-6-12-30-28-32-27(36)25(39-28)18-7-4-3-5-8-18;1-33-25-16-20(18-29-30-27(32)22-13-14-24(31)23(28)17-22)15-21(26(25)34-2)12-8-4-7-11-19-9-5-3-6-10-19;1-31-22-12-16(14-27-28-24(30)18-7-10-21(29)20(26)13-18)11-17(23(22)32-2)6-3-15-4-8-19(25)9-5-15;1-30-21-12-15(14-26-27-23(29)17-7-9-20(28)19(24)13-17)11-16(22(21)31-2)6-8-18-5-3-4-10-25-18/h3-5,7-8,10-11,13-16,25,34H,12H2,1-2H3,(H,33,35)(H,30,32,36);3,5-6,9-10,13-18,31H,4,7,11H2,1-2H3,(H,30,32);4-5,7-14,29H,1-2H3,(H,28,30);3-5,7,9-14,28H,1-2H3,(H,27,29)/b31-16+;29-18+;27-14+;26-14+. The minimum atomic E-state index is -0.759. The smallest absolute Gasteiger partial charge is 0.293 e. The number of hydrogen-bond donors (Lipinski definition) is 9. The maximum atomic E-state index is 12.3. The summed E-state index contributed by atoms with van der Waals surface area (Å²) in [7, 11) is 12.2. The monoisotopic (exact) mass is 1930 g/mol. The van der Waals surface area contributed by atoms with E-state index in [1.165, 1.54) is 146 Å². The number of aromatic nitrogens is 1. The van der Waals surface area contributed by atoms with Gasteiger partial charge in [0.1, 0.15) is 35.2 Å². The molecule has 0 aliphatic carbocycles. The Balaban J connectivity index is 0.000000188. The number of unbranched alkanes of at least 4 members (excludes halogenated alkanes) is 1. The first kappa shape index (κ1) is 101. The van der Waals surface area contributed by atoms with Gasteiger partial charge in [-0.05, 0) is 204 Å². The van der Waals surface area contributed by atoms with E-state index in [1.54, 1.807) is 93.2 Å². The molecule has 12 aromatic rings. The van der Waals surface area contributed by atoms with Gasteiger partial charge in [0.25, 0.3) is 35.6 Å². The Bertz CT molecular complexity index is 6770. The SMILES string of the molecule is COc1cc(/C=N/NC(=O)c2ccc(O)c(Cl)c2)cc(C#CCCCc2ccccc2)c1OC.COc1cc(/C=N/NC(=O)c2ccc(O)c(Cl)c2)cc(C#CCN=C2NC(=O)C(c3ccccc3)O2)c1OC.COc1cc(/C=N/NC(=O)c2ccc(O)c(Cl)c2)cc(C#Cc2ccc(Cl)cc2)c1OC.COc1cc(/C=N/NC(=O)c2ccc(O)c(Cl)c2)cc(C#Cc2ccccn2)c1OC. The first-order valence-corrected chi connectivity index (χ1v) is 42.3. The van der Waals surface area contributed by atoms with E-state index in [0.717, 1.165) is 30.4 Å². The van der Waals surface area contributed by atoms with Gasteiger partial charge >= 0.3 is 0 Å². The lowest BCUT2D eigenvalue weighted by Crippen LogP contribution is -2.22. The average Bonchev–Trinajstić information content (AvgIpc) is 1.21. The van der Waals surface area contributed by atoms with Crippen LogP contribution in [0.15, 0.2) is 256 Å². The highest BCUT2D eigenvalue weighted by atomic mass is 35.5. The number of ether oxygens (including phenoxy) is 9. The summed E-state index contributed by atoms with van der Waals surface area (Å²) in [6.45, 7) is 0.0478. The van der Waals surface area contributed by atoms with Crippen LogP contribution in [-0.2, 0) is 16.0 Å². The number of carbonyl (C=O) groups is 5. The van der Waals surface area contributed by atoms with Crippen molar-refractivity contribution >= 4 is 118 Å². The van der Waals surface area contributed by atoms with Gasteiger partial charge in [-0.1, -0.05) is 166 Å². The molecule has 29 nitrogen and oxygen atoms in total. The Labute approximate surface area is 807 Å². The number of methoxy groups -OCH3 is 8. The van der Waals surface area contributed by atoms with Gasteiger partial charge < -0.3 is 63.1 Å². The van der Waals surface area contributed by atoms with Crippen molar-refractivity contribution in [3.05, 3.63) is 345 Å². The summed E-state index contributed by atoms with van der Waals surface area (Å²) >= 11 is 29.3. The van der Waals surface area contributed by atoms with E-state index < -0.39 is 29.7 Å². The van der Waals surface area contributed by atoms with Crippen LogP contribution in [0.1, 0.15) is 127 Å². The maximum absolute atomic E-state index is 12.3. The second-order valence-corrected chi connectivity index (χ2v) is 29.9. The van der Waals surface area contributed by atoms with E-state index in [-0.39, 0.29) is 83.8 Å². The topological polar surface area (TPSA) is 384 Å². The van der Waals surface area contributed by atoms with Crippen molar-refractivity contribution in [3.8, 4) is 116 Å². The van der Waals surface area contributed by atoms with E-state index in [4.69, 9.17) is 101 Å². The minimum absolute atomic E-state index is 0.0478. The van der Waals surface area contributed by atoms with Crippen LogP contribution in [-0.4, -0.2) is 149 Å². The number of halogens is 5. The zero-order chi connectivity index (χ0) is 97.4. The van der Waals surface area contributed by atoms with Gasteiger partial charge in [0.2, 0.25) is 6.10 Å². The van der Waals surface area contributed by atoms with Crippen LogP contribution in [0, 0.1) is 47.4 Å². The molecule has 5 amide bonds. The maximum Gasteiger partial charge on any atom is 0.293 e. The molecule has 1 saturated heterocycles. The second kappa shape index (κ2) is 51.8. The van der Waals surface area contributed by atoms with Crippen LogP contribution in [0.2, 0.25) is 25.1 Å². The number of rotatable bonds is 25. The molecule has 1 aliphatic rings. The number of aliphatic imine (C=N–C) groups is 1. The Morgan fingerprint density at radius 1 is 0.412 bits per heavy atom. The van der Waals surface area contributed by atoms with Gasteiger partial charge in [0.15, 0.2) is 46.0 Å². The number of nitrogens with one attached hydrogen (secondary N) is 5. The summed E-state index contributed by atoms with van der Waals surface area (Å²) in [6.07, 6.45) is 9.37. The Morgan fingerprint density at radius 2 is 0.772 bits per heavy atom. The van der Waals surface area contributed by atoms with Crippen molar-refractivity contribution < 1.29 is 87.0 Å². The third-order valence-corrected chi connectivity index (χ3v) is 20.2. The van der Waals surface area contributed by atoms with E-state index in [9.17, 15) is 44.4 Å². The van der Waals surface area contributed by atoms with Gasteiger partial charge in [0.05, 0.1) is 124 Å². The van der Waals surface area contributed by atoms with Crippen molar-refractivity contribution in [3.63, 3.8) is 0 Å². The molecular formula is C102H84Cl5N11O18. The summed E-state index contributed by atoms with van der Waals surface area (Å²) < 4.78 is 49.1. The summed E-state index contributed by atoms with van der Waals surface area (Å²) in [5.74, 6) is 25.5. The quantitative estimate of drug-likeness (QED) is 0.0111. The molecule has 1 fully saturated rings. The summed E-state index contributed by atoms with van der Waals surface area (Å²) in [6, 6.07) is 62.5. The predicted molar refractivity (Wildman–Crippen MR) is 522 cm³/mol. The fourth-order valence-corrected chi connectivity index (χ4v) is 12.9. The second-order valence-electron chi connectivity index (χ2n) is 27.9. The van der Waals surface area contributed by atoms with E-state index >= 15 is 0 Å². The first-order valence-electron chi connectivity index (χ1n) is 40.4. The Kier molecular flexibility index (Phi) is 38.7. The number of carbonyl (C=O) groups excluding carboxylic acids is 5. The number of phenolic OH excluding ortho intramolecular Hbond substituents is 4. The van der Waals surface area contributed by atoms with E-state index in [2.05, 4.69) is 117 Å². The molecule has 0 saturated carbocycles. The Morgan fingerprint density at radius 3 is 1.13 bits per heavy atom. The first-order chi connectivity index (χ1) is 65.8. The molecule has 136 heavy (non-hydrogen) atoms. The molecule has 9 N–H and O–H groups in total. The van der Waals surface area contributed by atoms with Crippen LogP contribution in [0.3, 0.4) is 0 Å². The third-order valence-electron chi connectivity index (χ3n) is 18.7. The lowest BCUT2D eigenvalue weighted by Gasteiger charge is -2.10. The van der Waals surface area contributed by atoms with Gasteiger partial charge in [-0.25, -0.2) is 31.7 Å². The molecule has 1 unspecified atom stereocenters. The molecule has 34 heteroatoms. The van der Waals surface area contributed by atoms with Crippen molar-refractivity contribution in [1.29, 1.82) is 0 Å². The molecule has 0 spiro atoms. The Hall–Kier alpha value is -16.6. The third kappa shape index (κ3) is 29.9. The lowest BCUT2D eigenvalue weighted by atomic mass is 10.1. The molecule has 11 aromatic carbocycles. The average molecular weight is 1930 g/mol. The number of phenols is 4. The van der Waals surface area contributed by atoms with Gasteiger partial charge in [-0.15, -0.1) is 0 Å². The fraction of sp³-hybridized carbons (Fsp3) is 0.127. The molecule has 2 heterocycles. The number of amides is 5. The van der Waals surface area contributed by atoms with Gasteiger partial charge in [-0.2, -0.15) is 20.4 Å². The minimum Gasteiger partial charge on any atom is -0.506 e. The number of aromatic hydroxyl groups is 4. The van der Waals surface area contributed by atoms with E-state index in [0.29, 0.717) is 101 Å². The predicted octanol–water partition coefficient (Wildman–Crippen LogP) is 17.1. The van der Waals surface area contributed by atoms with Crippen LogP contribution < -0.4 is 64.9 Å². The van der Waals surface area contributed by atoms with Crippen LogP contribution >= 0.6 is 58.0 Å². The molecule has 0 bridgehead atoms. The van der Waals surface area contributed by atoms with Gasteiger partial charge in [-0.3, -0.25) is 29.3 Å². The molecular weight excluding hydrogens is 1840 g/mol. The number of aryl methyl sites for hydroxylation is 1. The number of amidine groups is 1. The number of hydrazone groups is 4. The zero-order valence-electron chi connectivity index (χ0n) is 73.7. The van der Waals surface area contributed by atoms with Crippen molar-refractivity contribution in [2.24, 2.45) is 25.4 Å². The summed E-state index contributed by atoms with van der Waals surface area (Å²) in [5, 5.41) is 57.4. The van der Waals surface area contributed by atoms with Crippen LogP contribution in [0.4, 0.5) is 0 Å². The molecule has 690 valence electrons. The number of pyridine rings is 1. The lowest BCUT2D eigenvalue weighted by molar-refractivity contribution is -0.123. The molecule has 13 rings (SSSR count). The highest BCUT2D eigenvalue weighted by Crippen LogP contribution is 2.37. The molecule has 1 aromatic heterocycles. The number of nitrogens with zero attached hydrogens (tertiary/aromatic N) is 6. The van der Waals surface area contributed by atoms with Crippen molar-refractivity contribution in [2.75, 3.05) is 63.4 Å². The van der Waals surface area contributed by atoms with Crippen LogP contribution in [0.25, 0.3) is 0 Å². The molecule has 1 atom stereocenters. The highest BCUT2D eigenvalue weighted by Gasteiger charge is 2.32. The molecule has 0 radical (unpaired) electrons. The largest absolute Gasteiger partial charge is 0.506 e. The summed E-state index contributed by atoms with van der Waals surface area (Å²) in [4.78, 5) is 69.6. The molecule has 1 aliphatic heterocycles. The summed E-state index contributed by atoms with van der Waals surface area (Å²) in [5.41, 5.74) is 18.9. The normalized spacial score (nSPS) is 11.8. The number of benzene rings is 11. The zero-order valence-corrected chi connectivity index (χ0v) is 77.5. The van der Waals surface area contributed by atoms with Gasteiger partial charge in [0, 0.05) is 51.0 Å². The fourth-order valence-electron chi connectivity index (χ4n) is 12.1. The van der Waals surface area contributed by atoms with E-state index in [1.807, 2.05) is 66.7 Å². The van der Waals surface area contributed by atoms with Crippen molar-refractivity contribution in [2.45, 2.75) is 25.4 Å². The van der Waals surface area contributed by atoms with Crippen molar-refractivity contribution in [1.82, 2.24) is 32.0 Å². The highest BCUT2D eigenvalue weighted by molar-refractivity contribution is 6.33.